The van der Waals surface area contributed by atoms with E-state index in [0.29, 0.717) is 11.5 Å². The highest BCUT2D eigenvalue weighted by Gasteiger charge is 2.18. The zero-order chi connectivity index (χ0) is 15.6. The number of halogens is 2. The second-order valence-corrected chi connectivity index (χ2v) is 11.0. The molecule has 0 bridgehead atoms. The lowest BCUT2D eigenvalue weighted by Crippen LogP contribution is -2.37. The van der Waals surface area contributed by atoms with Crippen LogP contribution >= 0.6 is 0 Å². The highest BCUT2D eigenvalue weighted by atomic mass is 28.3. The van der Waals surface area contributed by atoms with Crippen LogP contribution in [-0.2, 0) is 6.54 Å². The average molecular weight is 307 g/mol. The molecule has 0 saturated heterocycles. The van der Waals surface area contributed by atoms with E-state index in [1.165, 1.54) is 12.1 Å². The van der Waals surface area contributed by atoms with Crippen LogP contribution in [0, 0.1) is 11.6 Å². The molecule has 112 valence electrons. The number of hydrogen-bond acceptors (Lipinski definition) is 3. The van der Waals surface area contributed by atoms with E-state index in [1.54, 1.807) is 12.1 Å². The maximum atomic E-state index is 14.2. The molecule has 0 radical (unpaired) electrons. The van der Waals surface area contributed by atoms with Gasteiger partial charge in [0.1, 0.15) is 17.5 Å². The summed E-state index contributed by atoms with van der Waals surface area (Å²) < 4.78 is 27.5. The molecule has 0 unspecified atom stereocenters. The first kappa shape index (κ1) is 15.6. The Bertz CT molecular complexity index is 654. The minimum Gasteiger partial charge on any atom is -0.338 e. The number of nitrogens with zero attached hydrogens (tertiary/aromatic N) is 1. The van der Waals surface area contributed by atoms with Crippen LogP contribution in [0.2, 0.25) is 19.6 Å². The van der Waals surface area contributed by atoms with Crippen LogP contribution < -0.4 is 16.2 Å². The number of anilines is 2. The van der Waals surface area contributed by atoms with Crippen molar-refractivity contribution in [1.82, 2.24) is 4.98 Å². The maximum Gasteiger partial charge on any atom is 0.146 e. The fourth-order valence-corrected chi connectivity index (χ4v) is 3.06. The van der Waals surface area contributed by atoms with Crippen molar-refractivity contribution in [2.24, 2.45) is 5.73 Å². The number of rotatable bonds is 4. The summed E-state index contributed by atoms with van der Waals surface area (Å²) in [7, 11) is -1.55. The van der Waals surface area contributed by atoms with Crippen LogP contribution in [-0.4, -0.2) is 13.1 Å². The summed E-state index contributed by atoms with van der Waals surface area (Å²) in [6.45, 7) is 6.47. The van der Waals surface area contributed by atoms with Gasteiger partial charge in [-0.3, -0.25) is 0 Å². The van der Waals surface area contributed by atoms with E-state index in [1.807, 2.05) is 6.07 Å². The van der Waals surface area contributed by atoms with Crippen molar-refractivity contribution in [2.75, 3.05) is 5.32 Å². The monoisotopic (exact) mass is 307 g/mol. The van der Waals surface area contributed by atoms with E-state index in [-0.39, 0.29) is 18.1 Å². The Hall–Kier alpha value is -1.79. The van der Waals surface area contributed by atoms with Crippen molar-refractivity contribution in [3.05, 3.63) is 47.7 Å². The molecule has 3 nitrogen and oxygen atoms in total. The summed E-state index contributed by atoms with van der Waals surface area (Å²) in [5, 5.41) is 3.90. The van der Waals surface area contributed by atoms with Gasteiger partial charge in [-0.15, -0.1) is 0 Å². The molecule has 1 heterocycles. The smallest absolute Gasteiger partial charge is 0.146 e. The highest BCUT2D eigenvalue weighted by molar-refractivity contribution is 6.88. The van der Waals surface area contributed by atoms with Gasteiger partial charge >= 0.3 is 0 Å². The van der Waals surface area contributed by atoms with Crippen LogP contribution in [0.4, 0.5) is 20.3 Å². The second kappa shape index (κ2) is 5.91. The van der Waals surface area contributed by atoms with Gasteiger partial charge in [0.15, 0.2) is 0 Å². The molecular formula is C15H19F2N3Si. The first-order valence-corrected chi connectivity index (χ1v) is 10.2. The number of nitrogens with two attached hydrogens (primary N) is 1. The molecule has 1 aromatic carbocycles. The van der Waals surface area contributed by atoms with Crippen molar-refractivity contribution < 1.29 is 8.78 Å². The highest BCUT2D eigenvalue weighted by Crippen LogP contribution is 2.19. The van der Waals surface area contributed by atoms with Gasteiger partial charge in [0.25, 0.3) is 0 Å². The van der Waals surface area contributed by atoms with Crippen molar-refractivity contribution in [3.63, 3.8) is 0 Å². The fraction of sp³-hybridized carbons (Fsp3) is 0.267. The topological polar surface area (TPSA) is 50.9 Å². The number of nitrogens with one attached hydrogen (secondary N) is 1. The van der Waals surface area contributed by atoms with Crippen molar-refractivity contribution in [2.45, 2.75) is 26.2 Å². The standard InChI is InChI=1S/C15H19F2N3Si/c1-21(2,3)10-4-6-13(12(17)8-10)19-15-7-5-11(16)14(9-18)20-15/h4-8H,9,18H2,1-3H3,(H,19,20). The fourth-order valence-electron chi connectivity index (χ4n) is 1.92. The van der Waals surface area contributed by atoms with Gasteiger partial charge < -0.3 is 11.1 Å². The molecule has 0 aliphatic rings. The van der Waals surface area contributed by atoms with Gasteiger partial charge in [0.2, 0.25) is 0 Å². The quantitative estimate of drug-likeness (QED) is 0.853. The van der Waals surface area contributed by atoms with Crippen molar-refractivity contribution in [3.8, 4) is 0 Å². The maximum absolute atomic E-state index is 14.2. The van der Waals surface area contributed by atoms with Gasteiger partial charge in [0.05, 0.1) is 19.5 Å². The normalized spacial score (nSPS) is 11.5. The Morgan fingerprint density at radius 3 is 2.38 bits per heavy atom. The van der Waals surface area contributed by atoms with E-state index in [2.05, 4.69) is 29.9 Å². The molecule has 0 amide bonds. The summed E-state index contributed by atoms with van der Waals surface area (Å²) in [4.78, 5) is 4.03. The largest absolute Gasteiger partial charge is 0.338 e. The predicted octanol–water partition coefficient (Wildman–Crippen LogP) is 3.11. The predicted molar refractivity (Wildman–Crippen MR) is 84.7 cm³/mol. The molecule has 6 heteroatoms. The Morgan fingerprint density at radius 2 is 1.81 bits per heavy atom. The first-order chi connectivity index (χ1) is 9.81. The lowest BCUT2D eigenvalue weighted by atomic mass is 10.3. The summed E-state index contributed by atoms with van der Waals surface area (Å²) in [5.41, 5.74) is 5.88. The molecule has 2 rings (SSSR count). The number of pyridine rings is 1. The molecular weight excluding hydrogens is 288 g/mol. The zero-order valence-corrected chi connectivity index (χ0v) is 13.4. The second-order valence-electron chi connectivity index (χ2n) is 5.90. The van der Waals surface area contributed by atoms with Crippen LogP contribution in [0.3, 0.4) is 0 Å². The third-order valence-corrected chi connectivity index (χ3v) is 5.25. The Balaban J connectivity index is 2.28. The van der Waals surface area contributed by atoms with Crippen molar-refractivity contribution in [1.29, 1.82) is 0 Å². The minimum atomic E-state index is -1.55. The van der Waals surface area contributed by atoms with E-state index in [0.717, 1.165) is 5.19 Å². The summed E-state index contributed by atoms with van der Waals surface area (Å²) in [5.74, 6) is -0.426. The Labute approximate surface area is 124 Å². The third-order valence-electron chi connectivity index (χ3n) is 3.21. The Morgan fingerprint density at radius 1 is 1.10 bits per heavy atom. The van der Waals surface area contributed by atoms with Gasteiger partial charge in [-0.25, -0.2) is 13.8 Å². The van der Waals surface area contributed by atoms with E-state index in [9.17, 15) is 8.78 Å². The van der Waals surface area contributed by atoms with Gasteiger partial charge in [-0.1, -0.05) is 30.9 Å². The Kier molecular flexibility index (Phi) is 4.39. The van der Waals surface area contributed by atoms with Crippen LogP contribution in [0.1, 0.15) is 5.69 Å². The molecule has 0 aliphatic carbocycles. The molecule has 3 N–H and O–H groups in total. The molecule has 1 aromatic heterocycles. The van der Waals surface area contributed by atoms with Crippen LogP contribution in [0.15, 0.2) is 30.3 Å². The molecule has 0 saturated carbocycles. The molecule has 0 spiro atoms. The minimum absolute atomic E-state index is 0.00159. The van der Waals surface area contributed by atoms with Crippen LogP contribution in [0.5, 0.6) is 0 Å². The summed E-state index contributed by atoms with van der Waals surface area (Å²) >= 11 is 0. The van der Waals surface area contributed by atoms with E-state index < -0.39 is 13.9 Å². The zero-order valence-electron chi connectivity index (χ0n) is 12.4. The molecule has 2 aromatic rings. The molecule has 0 fully saturated rings. The van der Waals surface area contributed by atoms with E-state index in [4.69, 9.17) is 5.73 Å². The lowest BCUT2D eigenvalue weighted by molar-refractivity contribution is 0.600. The van der Waals surface area contributed by atoms with Gasteiger partial charge in [-0.2, -0.15) is 0 Å². The molecule has 21 heavy (non-hydrogen) atoms. The lowest BCUT2D eigenvalue weighted by Gasteiger charge is -2.17. The van der Waals surface area contributed by atoms with E-state index >= 15 is 0 Å². The number of hydrogen-bond donors (Lipinski definition) is 2. The third kappa shape index (κ3) is 3.65. The average Bonchev–Trinajstić information content (AvgIpc) is 2.42. The SMILES string of the molecule is C[Si](C)(C)c1ccc(Nc2ccc(F)c(CN)n2)c(F)c1. The van der Waals surface area contributed by atoms with Gasteiger partial charge in [-0.05, 0) is 24.3 Å². The van der Waals surface area contributed by atoms with Crippen LogP contribution in [0.25, 0.3) is 0 Å². The molecule has 0 atom stereocenters. The number of benzene rings is 1. The van der Waals surface area contributed by atoms with Crippen molar-refractivity contribution >= 4 is 24.8 Å². The molecule has 0 aliphatic heterocycles. The summed E-state index contributed by atoms with van der Waals surface area (Å²) in [6, 6.07) is 7.90. The first-order valence-electron chi connectivity index (χ1n) is 6.74. The number of aromatic nitrogens is 1. The summed E-state index contributed by atoms with van der Waals surface area (Å²) in [6.07, 6.45) is 0. The van der Waals surface area contributed by atoms with Gasteiger partial charge in [0, 0.05) is 6.54 Å².